The Balaban J connectivity index is 2.39. The van der Waals surface area contributed by atoms with Crippen LogP contribution in [0.2, 0.25) is 0 Å². The number of benzene rings is 2. The zero-order chi connectivity index (χ0) is 18.8. The van der Waals surface area contributed by atoms with Crippen LogP contribution in [0.1, 0.15) is 31.1 Å². The summed E-state index contributed by atoms with van der Waals surface area (Å²) in [5, 5.41) is 2.53. The first-order chi connectivity index (χ1) is 11.5. The normalized spacial score (nSPS) is 12.0. The van der Waals surface area contributed by atoms with Gasteiger partial charge in [-0.15, -0.1) is 0 Å². The zero-order valence-corrected chi connectivity index (χ0v) is 16.3. The number of amides is 1. The molecule has 0 unspecified atom stereocenters. The third kappa shape index (κ3) is 5.10. The first-order valence-electron chi connectivity index (χ1n) is 7.39. The minimum Gasteiger partial charge on any atom is -0.321 e. The van der Waals surface area contributed by atoms with Crippen molar-refractivity contribution < 1.29 is 17.6 Å². The molecule has 5 nitrogen and oxygen atoms in total. The molecular formula is C17H18BrFN2O3S. The summed E-state index contributed by atoms with van der Waals surface area (Å²) in [6.07, 6.45) is 0. The van der Waals surface area contributed by atoms with Gasteiger partial charge in [0.2, 0.25) is 10.0 Å². The molecule has 0 aliphatic carbocycles. The maximum Gasteiger partial charge on any atom is 0.256 e. The van der Waals surface area contributed by atoms with E-state index in [-0.39, 0.29) is 16.1 Å². The number of hydrogen-bond acceptors (Lipinski definition) is 3. The predicted molar refractivity (Wildman–Crippen MR) is 98.6 cm³/mol. The third-order valence-corrected chi connectivity index (χ3v) is 5.55. The lowest BCUT2D eigenvalue weighted by Crippen LogP contribution is -2.40. The number of hydrogen-bond donors (Lipinski definition) is 2. The van der Waals surface area contributed by atoms with E-state index in [1.807, 2.05) is 0 Å². The van der Waals surface area contributed by atoms with Gasteiger partial charge in [0.25, 0.3) is 5.91 Å². The lowest BCUT2D eigenvalue weighted by Gasteiger charge is -2.21. The van der Waals surface area contributed by atoms with Crippen LogP contribution in [0, 0.1) is 5.82 Å². The molecule has 2 rings (SSSR count). The third-order valence-electron chi connectivity index (χ3n) is 3.04. The van der Waals surface area contributed by atoms with E-state index in [1.54, 1.807) is 32.9 Å². The minimum absolute atomic E-state index is 0.0641. The molecular weight excluding hydrogens is 411 g/mol. The Bertz CT molecular complexity index is 908. The molecule has 0 radical (unpaired) electrons. The lowest BCUT2D eigenvalue weighted by molar-refractivity contribution is 0.102. The summed E-state index contributed by atoms with van der Waals surface area (Å²) in [6, 6.07) is 9.73. The fourth-order valence-corrected chi connectivity index (χ4v) is 4.13. The summed E-state index contributed by atoms with van der Waals surface area (Å²) in [6.45, 7) is 5.15. The van der Waals surface area contributed by atoms with Crippen molar-refractivity contribution in [2.24, 2.45) is 0 Å². The summed E-state index contributed by atoms with van der Waals surface area (Å²) in [4.78, 5) is 12.4. The van der Waals surface area contributed by atoms with Crippen LogP contribution in [-0.4, -0.2) is 19.9 Å². The summed E-state index contributed by atoms with van der Waals surface area (Å²) < 4.78 is 41.5. The van der Waals surface area contributed by atoms with Crippen LogP contribution < -0.4 is 10.0 Å². The molecule has 0 spiro atoms. The SMILES string of the molecule is CC(C)(C)NS(=O)(=O)c1ccccc1NC(=O)c1cc(F)ccc1Br. The van der Waals surface area contributed by atoms with Crippen LogP contribution in [0.15, 0.2) is 51.8 Å². The van der Waals surface area contributed by atoms with Crippen molar-refractivity contribution in [3.8, 4) is 0 Å². The molecule has 134 valence electrons. The van der Waals surface area contributed by atoms with Gasteiger partial charge in [-0.1, -0.05) is 12.1 Å². The second-order valence-electron chi connectivity index (χ2n) is 6.43. The molecule has 8 heteroatoms. The number of carbonyl (C=O) groups is 1. The second-order valence-corrected chi connectivity index (χ2v) is 8.94. The second kappa shape index (κ2) is 7.23. The van der Waals surface area contributed by atoms with Gasteiger partial charge < -0.3 is 5.32 Å². The van der Waals surface area contributed by atoms with Crippen LogP contribution in [0.3, 0.4) is 0 Å². The summed E-state index contributed by atoms with van der Waals surface area (Å²) in [5.41, 5.74) is -0.502. The quantitative estimate of drug-likeness (QED) is 0.774. The highest BCUT2D eigenvalue weighted by molar-refractivity contribution is 9.10. The number of nitrogens with one attached hydrogen (secondary N) is 2. The van der Waals surface area contributed by atoms with Gasteiger partial charge in [0.1, 0.15) is 10.7 Å². The van der Waals surface area contributed by atoms with Gasteiger partial charge in [-0.25, -0.2) is 17.5 Å². The Morgan fingerprint density at radius 1 is 1.12 bits per heavy atom. The van der Waals surface area contributed by atoms with Gasteiger partial charge in [-0.05, 0) is 67.0 Å². The van der Waals surface area contributed by atoms with Gasteiger partial charge in [0, 0.05) is 10.0 Å². The van der Waals surface area contributed by atoms with E-state index >= 15 is 0 Å². The summed E-state index contributed by atoms with van der Waals surface area (Å²) in [5.74, 6) is -1.19. The van der Waals surface area contributed by atoms with Crippen LogP contribution in [-0.2, 0) is 10.0 Å². The number of sulfonamides is 1. The molecule has 25 heavy (non-hydrogen) atoms. The summed E-state index contributed by atoms with van der Waals surface area (Å²) >= 11 is 3.18. The predicted octanol–water partition coefficient (Wildman–Crippen LogP) is 3.92. The number of halogens is 2. The smallest absolute Gasteiger partial charge is 0.256 e. The standard InChI is InChI=1S/C17H18BrFN2O3S/c1-17(2,3)21-25(23,24)15-7-5-4-6-14(15)20-16(22)12-10-11(19)8-9-13(12)18/h4-10,21H,1-3H3,(H,20,22). The molecule has 2 aromatic rings. The molecule has 0 saturated heterocycles. The molecule has 0 heterocycles. The topological polar surface area (TPSA) is 75.3 Å². The van der Waals surface area contributed by atoms with Gasteiger partial charge in [-0.3, -0.25) is 4.79 Å². The Hall–Kier alpha value is -1.77. The molecule has 0 aliphatic heterocycles. The highest BCUT2D eigenvalue weighted by Gasteiger charge is 2.25. The van der Waals surface area contributed by atoms with Crippen LogP contribution >= 0.6 is 15.9 Å². The van der Waals surface area contributed by atoms with Crippen molar-refractivity contribution in [1.29, 1.82) is 0 Å². The number of anilines is 1. The van der Waals surface area contributed by atoms with Gasteiger partial charge >= 0.3 is 0 Å². The van der Waals surface area contributed by atoms with E-state index in [0.29, 0.717) is 4.47 Å². The van der Waals surface area contributed by atoms with Crippen molar-refractivity contribution in [2.75, 3.05) is 5.32 Å². The van der Waals surface area contributed by atoms with E-state index in [2.05, 4.69) is 26.0 Å². The van der Waals surface area contributed by atoms with E-state index in [4.69, 9.17) is 0 Å². The molecule has 0 atom stereocenters. The monoisotopic (exact) mass is 428 g/mol. The average Bonchev–Trinajstić information content (AvgIpc) is 2.47. The minimum atomic E-state index is -3.85. The van der Waals surface area contributed by atoms with Crippen molar-refractivity contribution in [3.05, 3.63) is 58.3 Å². The Labute approximate surface area is 154 Å². The highest BCUT2D eigenvalue weighted by Crippen LogP contribution is 2.24. The van der Waals surface area contributed by atoms with Crippen molar-refractivity contribution in [2.45, 2.75) is 31.2 Å². The van der Waals surface area contributed by atoms with Gasteiger partial charge in [0.15, 0.2) is 0 Å². The maximum absolute atomic E-state index is 13.4. The van der Waals surface area contributed by atoms with E-state index in [1.165, 1.54) is 24.3 Å². The molecule has 0 aliphatic rings. The van der Waals surface area contributed by atoms with Crippen LogP contribution in [0.4, 0.5) is 10.1 Å². The van der Waals surface area contributed by atoms with E-state index in [0.717, 1.165) is 6.07 Å². The largest absolute Gasteiger partial charge is 0.321 e. The zero-order valence-electron chi connectivity index (χ0n) is 13.9. The Kier molecular flexibility index (Phi) is 5.65. The summed E-state index contributed by atoms with van der Waals surface area (Å²) in [7, 11) is -3.85. The van der Waals surface area contributed by atoms with Crippen molar-refractivity contribution in [3.63, 3.8) is 0 Å². The van der Waals surface area contributed by atoms with E-state index < -0.39 is 27.3 Å². The maximum atomic E-state index is 13.4. The van der Waals surface area contributed by atoms with Gasteiger partial charge in [0.05, 0.1) is 11.3 Å². The van der Waals surface area contributed by atoms with Crippen molar-refractivity contribution in [1.82, 2.24) is 4.72 Å². The number of carbonyl (C=O) groups excluding carboxylic acids is 1. The van der Waals surface area contributed by atoms with Crippen LogP contribution in [0.25, 0.3) is 0 Å². The average molecular weight is 429 g/mol. The van der Waals surface area contributed by atoms with Gasteiger partial charge in [-0.2, -0.15) is 0 Å². The Morgan fingerprint density at radius 3 is 2.40 bits per heavy atom. The first kappa shape index (κ1) is 19.6. The molecule has 0 saturated carbocycles. The highest BCUT2D eigenvalue weighted by atomic mass is 79.9. The molecule has 2 aromatic carbocycles. The first-order valence-corrected chi connectivity index (χ1v) is 9.67. The molecule has 0 bridgehead atoms. The molecule has 1 amide bonds. The van der Waals surface area contributed by atoms with E-state index in [9.17, 15) is 17.6 Å². The number of para-hydroxylation sites is 1. The Morgan fingerprint density at radius 2 is 1.76 bits per heavy atom. The molecule has 0 aromatic heterocycles. The number of rotatable bonds is 4. The fraction of sp³-hybridized carbons (Fsp3) is 0.235. The van der Waals surface area contributed by atoms with Crippen LogP contribution in [0.5, 0.6) is 0 Å². The fourth-order valence-electron chi connectivity index (χ4n) is 2.12. The molecule has 2 N–H and O–H groups in total. The molecule has 0 fully saturated rings. The van der Waals surface area contributed by atoms with Crippen molar-refractivity contribution >= 4 is 37.5 Å². The lowest BCUT2D eigenvalue weighted by atomic mass is 10.1.